The van der Waals surface area contributed by atoms with Crippen LogP contribution >= 0.6 is 0 Å². The summed E-state index contributed by atoms with van der Waals surface area (Å²) in [6, 6.07) is 36.6. The zero-order valence-corrected chi connectivity index (χ0v) is 23.6. The average Bonchev–Trinajstić information content (AvgIpc) is 3.05. The number of ether oxygens (including phenoxy) is 2. The molecule has 8 nitrogen and oxygen atoms in total. The summed E-state index contributed by atoms with van der Waals surface area (Å²) < 4.78 is 11.8. The van der Waals surface area contributed by atoms with E-state index in [0.717, 1.165) is 28.3 Å². The molecule has 0 unspecified atom stereocenters. The van der Waals surface area contributed by atoms with Crippen molar-refractivity contribution in [1.82, 2.24) is 0 Å². The van der Waals surface area contributed by atoms with E-state index < -0.39 is 9.85 Å². The lowest BCUT2D eigenvalue weighted by molar-refractivity contribution is -0.394. The van der Waals surface area contributed by atoms with Gasteiger partial charge in [0, 0.05) is 0 Å². The Hall–Kier alpha value is -6.02. The summed E-state index contributed by atoms with van der Waals surface area (Å²) in [6.45, 7) is 0.805. The fraction of sp³-hybridized carbons (Fsp3) is 0.0556. The molecule has 0 saturated heterocycles. The zero-order valence-electron chi connectivity index (χ0n) is 23.6. The molecule has 218 valence electrons. The van der Waals surface area contributed by atoms with E-state index in [1.165, 1.54) is 6.07 Å². The Bertz CT molecular complexity index is 1690. The molecule has 0 bridgehead atoms. The number of nitrogens with zero attached hydrogens (tertiary/aromatic N) is 2. The first-order valence-corrected chi connectivity index (χ1v) is 13.8. The lowest BCUT2D eigenvalue weighted by Gasteiger charge is -2.07. The Morgan fingerprint density at radius 2 is 0.932 bits per heavy atom. The molecule has 5 rings (SSSR count). The fourth-order valence-electron chi connectivity index (χ4n) is 4.46. The number of benzene rings is 5. The monoisotopic (exact) mass is 584 g/mol. The van der Waals surface area contributed by atoms with E-state index in [9.17, 15) is 20.2 Å². The van der Waals surface area contributed by atoms with Crippen molar-refractivity contribution >= 4 is 35.7 Å². The summed E-state index contributed by atoms with van der Waals surface area (Å²) in [5.74, 6) is 1.29. The minimum Gasteiger partial charge on any atom is -0.489 e. The molecule has 0 saturated carbocycles. The van der Waals surface area contributed by atoms with E-state index in [2.05, 4.69) is 0 Å². The van der Waals surface area contributed by atoms with Crippen LogP contribution in [0.5, 0.6) is 11.5 Å². The highest BCUT2D eigenvalue weighted by Crippen LogP contribution is 2.32. The van der Waals surface area contributed by atoms with Gasteiger partial charge in [0.05, 0.1) is 27.0 Å². The SMILES string of the molecule is O=[N+]([O-])c1cc([N+](=O)[O-])c(/C=C/c2cccc(OCc3ccccc3)c2)cc1/C=C\c1cccc(OCc2ccccc2)c1. The van der Waals surface area contributed by atoms with Crippen molar-refractivity contribution in [2.75, 3.05) is 0 Å². The molecule has 8 heteroatoms. The molecule has 0 aliphatic heterocycles. The largest absolute Gasteiger partial charge is 0.489 e. The zero-order chi connectivity index (χ0) is 30.7. The third-order valence-corrected chi connectivity index (χ3v) is 6.69. The van der Waals surface area contributed by atoms with Gasteiger partial charge in [0.15, 0.2) is 0 Å². The quantitative estimate of drug-likeness (QED) is 0.0823. The molecule has 0 aromatic heterocycles. The first kappa shape index (κ1) is 29.5. The second kappa shape index (κ2) is 14.2. The van der Waals surface area contributed by atoms with E-state index in [0.29, 0.717) is 24.7 Å². The average molecular weight is 585 g/mol. The minimum absolute atomic E-state index is 0.232. The summed E-state index contributed by atoms with van der Waals surface area (Å²) >= 11 is 0. The second-order valence-electron chi connectivity index (χ2n) is 9.84. The molecule has 5 aromatic rings. The highest BCUT2D eigenvalue weighted by Gasteiger charge is 2.22. The highest BCUT2D eigenvalue weighted by atomic mass is 16.6. The molecule has 0 fully saturated rings. The van der Waals surface area contributed by atoms with Gasteiger partial charge in [-0.2, -0.15) is 0 Å². The highest BCUT2D eigenvalue weighted by molar-refractivity contribution is 5.82. The van der Waals surface area contributed by atoms with Crippen molar-refractivity contribution in [3.05, 3.63) is 175 Å². The number of hydrogen-bond acceptors (Lipinski definition) is 6. The Morgan fingerprint density at radius 1 is 0.500 bits per heavy atom. The van der Waals surface area contributed by atoms with Gasteiger partial charge in [-0.15, -0.1) is 0 Å². The molecule has 44 heavy (non-hydrogen) atoms. The van der Waals surface area contributed by atoms with E-state index in [1.54, 1.807) is 24.3 Å². The van der Waals surface area contributed by atoms with Crippen LogP contribution in [0.25, 0.3) is 24.3 Å². The Morgan fingerprint density at radius 3 is 1.34 bits per heavy atom. The topological polar surface area (TPSA) is 105 Å². The van der Waals surface area contributed by atoms with Gasteiger partial charge in [0.25, 0.3) is 11.4 Å². The number of hydrogen-bond donors (Lipinski definition) is 0. The van der Waals surface area contributed by atoms with Gasteiger partial charge in [-0.25, -0.2) is 0 Å². The Labute approximate surface area is 254 Å². The lowest BCUT2D eigenvalue weighted by Crippen LogP contribution is -1.98. The van der Waals surface area contributed by atoms with Crippen LogP contribution in [-0.4, -0.2) is 9.85 Å². The molecule has 0 spiro atoms. The number of nitro groups is 2. The van der Waals surface area contributed by atoms with Gasteiger partial charge in [-0.1, -0.05) is 97.1 Å². The van der Waals surface area contributed by atoms with E-state index in [1.807, 2.05) is 109 Å². The van der Waals surface area contributed by atoms with Crippen molar-refractivity contribution < 1.29 is 19.3 Å². The molecular formula is C36H28N2O6. The van der Waals surface area contributed by atoms with Gasteiger partial charge < -0.3 is 9.47 Å². The standard InChI is InChI=1S/C36H28N2O6/c39-37(40)35-24-36(38(41)42)32(20-18-28-14-8-16-34(22-28)44-26-30-11-5-2-6-12-30)23-31(35)19-17-27-13-7-15-33(21-27)43-25-29-9-3-1-4-10-29/h1-24H,25-26H2/b19-17-,20-18+. The number of rotatable bonds is 12. The molecule has 0 aliphatic rings. The predicted molar refractivity (Wildman–Crippen MR) is 172 cm³/mol. The van der Waals surface area contributed by atoms with Gasteiger partial charge in [-0.05, 0) is 64.7 Å². The summed E-state index contributed by atoms with van der Waals surface area (Å²) in [7, 11) is 0. The van der Waals surface area contributed by atoms with Crippen molar-refractivity contribution in [2.24, 2.45) is 0 Å². The predicted octanol–water partition coefficient (Wildman–Crippen LogP) is 9.00. The van der Waals surface area contributed by atoms with Crippen LogP contribution in [-0.2, 0) is 13.2 Å². The molecule has 0 heterocycles. The third kappa shape index (κ3) is 8.04. The maximum absolute atomic E-state index is 11.9. The molecule has 0 N–H and O–H groups in total. The van der Waals surface area contributed by atoms with Crippen LogP contribution in [0, 0.1) is 20.2 Å². The van der Waals surface area contributed by atoms with Crippen molar-refractivity contribution in [1.29, 1.82) is 0 Å². The van der Waals surface area contributed by atoms with Crippen LogP contribution in [0.1, 0.15) is 33.4 Å². The summed E-state index contributed by atoms with van der Waals surface area (Å²) in [4.78, 5) is 22.5. The van der Waals surface area contributed by atoms with Gasteiger partial charge in [0.1, 0.15) is 24.7 Å². The van der Waals surface area contributed by atoms with Crippen LogP contribution in [0.15, 0.2) is 121 Å². The van der Waals surface area contributed by atoms with Gasteiger partial charge in [0.2, 0.25) is 0 Å². The van der Waals surface area contributed by atoms with E-state index in [4.69, 9.17) is 9.47 Å². The first-order valence-electron chi connectivity index (χ1n) is 13.8. The first-order chi connectivity index (χ1) is 21.4. The van der Waals surface area contributed by atoms with Crippen LogP contribution in [0.3, 0.4) is 0 Å². The third-order valence-electron chi connectivity index (χ3n) is 6.69. The minimum atomic E-state index is -0.618. The molecule has 0 atom stereocenters. The van der Waals surface area contributed by atoms with Crippen LogP contribution in [0.4, 0.5) is 11.4 Å². The molecule has 0 amide bonds. The summed E-state index contributed by atoms with van der Waals surface area (Å²) in [5.41, 5.74) is 3.31. The van der Waals surface area contributed by atoms with Gasteiger partial charge >= 0.3 is 0 Å². The Kier molecular flexibility index (Phi) is 9.54. The van der Waals surface area contributed by atoms with Crippen LogP contribution < -0.4 is 9.47 Å². The normalized spacial score (nSPS) is 11.1. The molecule has 5 aromatic carbocycles. The maximum Gasteiger partial charge on any atom is 0.283 e. The Balaban J connectivity index is 1.37. The second-order valence-corrected chi connectivity index (χ2v) is 9.84. The van der Waals surface area contributed by atoms with Crippen molar-refractivity contribution in [2.45, 2.75) is 13.2 Å². The maximum atomic E-state index is 11.9. The van der Waals surface area contributed by atoms with Gasteiger partial charge in [-0.3, -0.25) is 20.2 Å². The number of nitro benzene ring substituents is 2. The van der Waals surface area contributed by atoms with Crippen molar-refractivity contribution in [3.8, 4) is 11.5 Å². The molecule has 0 radical (unpaired) electrons. The smallest absolute Gasteiger partial charge is 0.283 e. The molecular weight excluding hydrogens is 556 g/mol. The van der Waals surface area contributed by atoms with E-state index >= 15 is 0 Å². The van der Waals surface area contributed by atoms with Crippen LogP contribution in [0.2, 0.25) is 0 Å². The van der Waals surface area contributed by atoms with E-state index in [-0.39, 0.29) is 22.5 Å². The lowest BCUT2D eigenvalue weighted by atomic mass is 10.0. The summed E-state index contributed by atoms with van der Waals surface area (Å²) in [5, 5.41) is 23.7. The van der Waals surface area contributed by atoms with Crippen molar-refractivity contribution in [3.63, 3.8) is 0 Å². The summed E-state index contributed by atoms with van der Waals surface area (Å²) in [6.07, 6.45) is 6.58. The fourth-order valence-corrected chi connectivity index (χ4v) is 4.46. The molecule has 0 aliphatic carbocycles.